The molecule has 2 N–H and O–H groups in total. The van der Waals surface area contributed by atoms with Crippen molar-refractivity contribution >= 4 is 17.0 Å². The van der Waals surface area contributed by atoms with Gasteiger partial charge >= 0.3 is 6.01 Å². The monoisotopic (exact) mass is 465 g/mol. The second kappa shape index (κ2) is 10.7. The van der Waals surface area contributed by atoms with Crippen LogP contribution in [-0.2, 0) is 6.54 Å². The lowest BCUT2D eigenvalue weighted by molar-refractivity contribution is 0.314. The van der Waals surface area contributed by atoms with Crippen molar-refractivity contribution in [2.75, 3.05) is 33.0 Å². The summed E-state index contributed by atoms with van der Waals surface area (Å²) in [5.74, 6) is 0.832. The van der Waals surface area contributed by atoms with E-state index in [9.17, 15) is 4.39 Å². The molecular weight excluding hydrogens is 433 g/mol. The third kappa shape index (κ3) is 5.59. The molecule has 9 heteroatoms. The number of nitrogens with two attached hydrogens (primary N) is 1. The molecule has 3 aromatic heterocycles. The van der Waals surface area contributed by atoms with E-state index in [4.69, 9.17) is 10.5 Å². The van der Waals surface area contributed by atoms with E-state index in [0.29, 0.717) is 41.6 Å². The molecule has 0 fully saturated rings. The maximum atomic E-state index is 14.0. The van der Waals surface area contributed by atoms with Gasteiger partial charge in [0.25, 0.3) is 0 Å². The van der Waals surface area contributed by atoms with Crippen LogP contribution in [0.25, 0.3) is 22.6 Å². The maximum absolute atomic E-state index is 14.0. The molecule has 1 atom stereocenters. The number of nitrogen functional groups attached to an aromatic ring is 1. The Morgan fingerprint density at radius 2 is 2.06 bits per heavy atom. The fraction of sp³-hybridized carbons (Fsp3) is 0.440. The van der Waals surface area contributed by atoms with Crippen molar-refractivity contribution in [1.29, 1.82) is 0 Å². The Bertz CT molecular complexity index is 1200. The zero-order chi connectivity index (χ0) is 24.1. The number of allylic oxidation sites excluding steroid dienone is 4. The quantitative estimate of drug-likeness (QED) is 0.447. The topological polar surface area (TPSA) is 95.0 Å². The third-order valence-electron chi connectivity index (χ3n) is 5.83. The molecule has 0 aromatic carbocycles. The number of hydrogen-bond acceptors (Lipinski definition) is 7. The minimum Gasteiger partial charge on any atom is -0.464 e. The lowest BCUT2D eigenvalue weighted by atomic mass is 9.91. The van der Waals surface area contributed by atoms with E-state index in [2.05, 4.69) is 57.2 Å². The van der Waals surface area contributed by atoms with Gasteiger partial charge in [0.05, 0.1) is 19.3 Å². The second-order valence-corrected chi connectivity index (χ2v) is 8.85. The number of halogens is 1. The number of nitrogens with zero attached hydrogens (tertiary/aromatic N) is 6. The highest BCUT2D eigenvalue weighted by molar-refractivity contribution is 5.86. The van der Waals surface area contributed by atoms with Gasteiger partial charge in [-0.1, -0.05) is 24.6 Å². The second-order valence-electron chi connectivity index (χ2n) is 8.85. The molecule has 3 heterocycles. The predicted octanol–water partition coefficient (Wildman–Crippen LogP) is 4.24. The van der Waals surface area contributed by atoms with Crippen molar-refractivity contribution in [3.63, 3.8) is 0 Å². The van der Waals surface area contributed by atoms with Gasteiger partial charge in [-0.3, -0.25) is 4.98 Å². The zero-order valence-corrected chi connectivity index (χ0v) is 20.0. The Hall–Kier alpha value is -3.33. The standard InChI is InChI=1S/C25H32FN7O/c1-4-34-25-30-22(27)21-24(31-25)33(23(29-21)19-13-20(26)15-28-14-19)16-18-10-7-9-17(12-18)8-5-6-11-32(2)3/h7,10,12-15,17H,4-6,8-9,11,16H2,1-3H3,(H2,27,30,31). The van der Waals surface area contributed by atoms with Crippen molar-refractivity contribution in [2.24, 2.45) is 5.92 Å². The molecule has 1 unspecified atom stereocenters. The Morgan fingerprint density at radius 1 is 1.21 bits per heavy atom. The molecule has 0 aliphatic heterocycles. The van der Waals surface area contributed by atoms with E-state index in [1.807, 2.05) is 11.5 Å². The molecule has 1 aliphatic carbocycles. The van der Waals surface area contributed by atoms with Gasteiger partial charge in [-0.2, -0.15) is 9.97 Å². The van der Waals surface area contributed by atoms with Crippen molar-refractivity contribution in [1.82, 2.24) is 29.4 Å². The summed E-state index contributed by atoms with van der Waals surface area (Å²) in [6.45, 7) is 3.91. The number of pyridine rings is 1. The predicted molar refractivity (Wildman–Crippen MR) is 132 cm³/mol. The molecule has 34 heavy (non-hydrogen) atoms. The fourth-order valence-corrected chi connectivity index (χ4v) is 4.24. The molecule has 0 radical (unpaired) electrons. The molecule has 3 aromatic rings. The molecule has 1 aliphatic rings. The van der Waals surface area contributed by atoms with Gasteiger partial charge < -0.3 is 19.9 Å². The number of rotatable bonds is 10. The SMILES string of the molecule is CCOc1nc(N)c2nc(-c3cncc(F)c3)n(CC3=CC(CCCCN(C)C)CC=C3)c2n1. The average Bonchev–Trinajstić information content (AvgIpc) is 3.16. The lowest BCUT2D eigenvalue weighted by Gasteiger charge is -2.18. The Labute approximate surface area is 199 Å². The highest BCUT2D eigenvalue weighted by Crippen LogP contribution is 2.30. The summed E-state index contributed by atoms with van der Waals surface area (Å²) in [5.41, 5.74) is 8.92. The molecule has 0 spiro atoms. The van der Waals surface area contributed by atoms with Gasteiger partial charge in [0.1, 0.15) is 11.6 Å². The van der Waals surface area contributed by atoms with Crippen molar-refractivity contribution in [2.45, 2.75) is 39.2 Å². The van der Waals surface area contributed by atoms with Crippen molar-refractivity contribution in [3.05, 3.63) is 48.1 Å². The van der Waals surface area contributed by atoms with Gasteiger partial charge in [0, 0.05) is 11.8 Å². The number of anilines is 1. The summed E-state index contributed by atoms with van der Waals surface area (Å²) in [7, 11) is 4.21. The first-order chi connectivity index (χ1) is 16.4. The van der Waals surface area contributed by atoms with Crippen LogP contribution < -0.4 is 10.5 Å². The molecule has 8 nitrogen and oxygen atoms in total. The molecule has 4 rings (SSSR count). The van der Waals surface area contributed by atoms with Crippen LogP contribution in [0.5, 0.6) is 6.01 Å². The smallest absolute Gasteiger partial charge is 0.320 e. The van der Waals surface area contributed by atoms with E-state index in [1.165, 1.54) is 25.1 Å². The Morgan fingerprint density at radius 3 is 2.82 bits per heavy atom. The summed E-state index contributed by atoms with van der Waals surface area (Å²) >= 11 is 0. The van der Waals surface area contributed by atoms with Crippen LogP contribution in [0.2, 0.25) is 0 Å². The van der Waals surface area contributed by atoms with Crippen LogP contribution in [0.1, 0.15) is 32.6 Å². The Kier molecular flexibility index (Phi) is 7.52. The van der Waals surface area contributed by atoms with E-state index in [0.717, 1.165) is 25.0 Å². The van der Waals surface area contributed by atoms with Gasteiger partial charge in [0.15, 0.2) is 17.0 Å². The number of aromatic nitrogens is 5. The van der Waals surface area contributed by atoms with Crippen LogP contribution >= 0.6 is 0 Å². The van der Waals surface area contributed by atoms with Gasteiger partial charge in [0.2, 0.25) is 0 Å². The molecule has 0 amide bonds. The summed E-state index contributed by atoms with van der Waals surface area (Å²) in [4.78, 5) is 19.7. The lowest BCUT2D eigenvalue weighted by Crippen LogP contribution is -2.13. The molecular formula is C25H32FN7O. The van der Waals surface area contributed by atoms with Crippen LogP contribution in [0.4, 0.5) is 10.2 Å². The molecule has 0 bridgehead atoms. The van der Waals surface area contributed by atoms with Crippen LogP contribution in [0.15, 0.2) is 42.3 Å². The van der Waals surface area contributed by atoms with Crippen LogP contribution in [-0.4, -0.2) is 56.6 Å². The molecule has 180 valence electrons. The van der Waals surface area contributed by atoms with Crippen LogP contribution in [0, 0.1) is 11.7 Å². The summed E-state index contributed by atoms with van der Waals surface area (Å²) in [5, 5.41) is 0. The summed E-state index contributed by atoms with van der Waals surface area (Å²) < 4.78 is 21.4. The average molecular weight is 466 g/mol. The highest BCUT2D eigenvalue weighted by Gasteiger charge is 2.20. The fourth-order valence-electron chi connectivity index (χ4n) is 4.24. The number of unbranched alkanes of at least 4 members (excludes halogenated alkanes) is 1. The largest absolute Gasteiger partial charge is 0.464 e. The summed E-state index contributed by atoms with van der Waals surface area (Å²) in [6, 6.07) is 1.61. The molecule has 0 saturated carbocycles. The first kappa shape index (κ1) is 23.8. The van der Waals surface area contributed by atoms with E-state index >= 15 is 0 Å². The third-order valence-corrected chi connectivity index (χ3v) is 5.83. The Balaban J connectivity index is 1.68. The number of hydrogen-bond donors (Lipinski definition) is 1. The number of imidazole rings is 1. The van der Waals surface area contributed by atoms with Crippen LogP contribution in [0.3, 0.4) is 0 Å². The minimum absolute atomic E-state index is 0.199. The minimum atomic E-state index is -0.431. The van der Waals surface area contributed by atoms with E-state index < -0.39 is 5.82 Å². The van der Waals surface area contributed by atoms with E-state index in [-0.39, 0.29) is 11.8 Å². The van der Waals surface area contributed by atoms with Crippen molar-refractivity contribution in [3.8, 4) is 17.4 Å². The van der Waals surface area contributed by atoms with E-state index in [1.54, 1.807) is 6.20 Å². The maximum Gasteiger partial charge on any atom is 0.320 e. The zero-order valence-electron chi connectivity index (χ0n) is 20.0. The number of fused-ring (bicyclic) bond motifs is 1. The summed E-state index contributed by atoms with van der Waals surface area (Å²) in [6.07, 6.45) is 14.0. The number of ether oxygens (including phenoxy) is 1. The molecule has 0 saturated heterocycles. The normalized spacial score (nSPS) is 15.8. The van der Waals surface area contributed by atoms with Crippen molar-refractivity contribution < 1.29 is 9.13 Å². The first-order valence-electron chi connectivity index (χ1n) is 11.7. The van der Waals surface area contributed by atoms with Gasteiger partial charge in [-0.05, 0) is 64.4 Å². The first-order valence-corrected chi connectivity index (χ1v) is 11.7. The van der Waals surface area contributed by atoms with Gasteiger partial charge in [-0.15, -0.1) is 0 Å². The highest BCUT2D eigenvalue weighted by atomic mass is 19.1. The van der Waals surface area contributed by atoms with Gasteiger partial charge in [-0.25, -0.2) is 9.37 Å².